The Hall–Kier alpha value is -1.17. The van der Waals surface area contributed by atoms with E-state index >= 15 is 0 Å². The molecule has 0 unspecified atom stereocenters. The molecule has 0 aromatic heterocycles. The van der Waals surface area contributed by atoms with Gasteiger partial charge in [0.2, 0.25) is 10.0 Å². The summed E-state index contributed by atoms with van der Waals surface area (Å²) < 4.78 is 26.5. The monoisotopic (exact) mass is 310 g/mol. The van der Waals surface area contributed by atoms with Crippen molar-refractivity contribution in [3.05, 3.63) is 41.5 Å². The highest BCUT2D eigenvalue weighted by Crippen LogP contribution is 2.20. The molecule has 0 fully saturated rings. The van der Waals surface area contributed by atoms with E-state index < -0.39 is 10.0 Å². The first-order chi connectivity index (χ1) is 9.82. The molecule has 1 aromatic carbocycles. The maximum atomic E-state index is 12.6. The van der Waals surface area contributed by atoms with Crippen LogP contribution in [0.1, 0.15) is 31.9 Å². The zero-order chi connectivity index (χ0) is 16.0. The minimum absolute atomic E-state index is 0.334. The summed E-state index contributed by atoms with van der Waals surface area (Å²) in [6, 6.07) is 5.39. The van der Waals surface area contributed by atoms with Crippen LogP contribution in [0.5, 0.6) is 0 Å². The molecular formula is C16H26N2O2S. The number of benzene rings is 1. The molecule has 0 aliphatic carbocycles. The summed E-state index contributed by atoms with van der Waals surface area (Å²) in [5.41, 5.74) is 3.04. The molecule has 0 bridgehead atoms. The minimum Gasteiger partial charge on any atom is -0.313 e. The highest BCUT2D eigenvalue weighted by molar-refractivity contribution is 7.89. The average Bonchev–Trinajstić information content (AvgIpc) is 2.43. The number of hydrogen-bond acceptors (Lipinski definition) is 3. The molecule has 0 saturated carbocycles. The Morgan fingerprint density at radius 1 is 1.29 bits per heavy atom. The molecular weight excluding hydrogens is 284 g/mol. The largest absolute Gasteiger partial charge is 0.313 e. The van der Waals surface area contributed by atoms with Crippen molar-refractivity contribution in [3.8, 4) is 0 Å². The van der Waals surface area contributed by atoms with Crippen LogP contribution in [-0.4, -0.2) is 32.9 Å². The molecule has 0 radical (unpaired) electrons. The molecule has 5 heteroatoms. The Morgan fingerprint density at radius 2 is 1.95 bits per heavy atom. The predicted molar refractivity (Wildman–Crippen MR) is 87.8 cm³/mol. The van der Waals surface area contributed by atoms with Gasteiger partial charge in [0.25, 0.3) is 0 Å². The quantitative estimate of drug-likeness (QED) is 0.751. The summed E-state index contributed by atoms with van der Waals surface area (Å²) in [5, 5.41) is 3.26. The Morgan fingerprint density at radius 3 is 2.48 bits per heavy atom. The fourth-order valence-electron chi connectivity index (χ4n) is 2.18. The lowest BCUT2D eigenvalue weighted by Gasteiger charge is -2.18. The molecule has 0 saturated heterocycles. The van der Waals surface area contributed by atoms with Crippen LogP contribution in [0, 0.1) is 0 Å². The molecule has 0 amide bonds. The smallest absolute Gasteiger partial charge is 0.243 e. The van der Waals surface area contributed by atoms with Crippen molar-refractivity contribution in [2.24, 2.45) is 0 Å². The van der Waals surface area contributed by atoms with Gasteiger partial charge in [-0.3, -0.25) is 0 Å². The van der Waals surface area contributed by atoms with E-state index in [0.717, 1.165) is 24.1 Å². The van der Waals surface area contributed by atoms with E-state index in [0.29, 0.717) is 18.0 Å². The summed E-state index contributed by atoms with van der Waals surface area (Å²) in [4.78, 5) is 0.344. The first-order valence-corrected chi connectivity index (χ1v) is 8.70. The Labute approximate surface area is 128 Å². The second kappa shape index (κ2) is 7.73. The van der Waals surface area contributed by atoms with Crippen molar-refractivity contribution < 1.29 is 8.42 Å². The lowest BCUT2D eigenvalue weighted by Crippen LogP contribution is -2.28. The van der Waals surface area contributed by atoms with Crippen LogP contribution in [0.3, 0.4) is 0 Å². The number of aryl methyl sites for hydroxylation is 1. The fraction of sp³-hybridized carbons (Fsp3) is 0.500. The minimum atomic E-state index is -3.46. The van der Waals surface area contributed by atoms with Crippen LogP contribution < -0.4 is 5.32 Å². The third-order valence-corrected chi connectivity index (χ3v) is 5.12. The van der Waals surface area contributed by atoms with E-state index in [2.05, 4.69) is 18.8 Å². The van der Waals surface area contributed by atoms with Crippen molar-refractivity contribution in [2.45, 2.75) is 38.6 Å². The van der Waals surface area contributed by atoms with Gasteiger partial charge >= 0.3 is 0 Å². The van der Waals surface area contributed by atoms with E-state index in [1.54, 1.807) is 19.2 Å². The molecule has 0 heterocycles. The Balaban J connectivity index is 3.15. The van der Waals surface area contributed by atoms with Gasteiger partial charge in [0, 0.05) is 20.1 Å². The number of rotatable bonds is 8. The van der Waals surface area contributed by atoms with Crippen molar-refractivity contribution in [1.82, 2.24) is 9.62 Å². The highest BCUT2D eigenvalue weighted by atomic mass is 32.2. The van der Waals surface area contributed by atoms with Crippen LogP contribution in [0.4, 0.5) is 0 Å². The number of sulfonamides is 1. The molecule has 0 spiro atoms. The Bertz CT molecular complexity index is 594. The Kier molecular flexibility index (Phi) is 6.58. The van der Waals surface area contributed by atoms with Gasteiger partial charge in [-0.05, 0) is 43.1 Å². The van der Waals surface area contributed by atoms with Gasteiger partial charge in [0.05, 0.1) is 4.90 Å². The fourth-order valence-corrected chi connectivity index (χ4v) is 3.46. The SMILES string of the molecule is C=C(C)CN(C)S(=O)(=O)c1ccc(CC)c(CNCC)c1. The van der Waals surface area contributed by atoms with Crippen LogP contribution in [0.2, 0.25) is 0 Å². The molecule has 1 aromatic rings. The van der Waals surface area contributed by atoms with Gasteiger partial charge in [0.1, 0.15) is 0 Å². The molecule has 4 nitrogen and oxygen atoms in total. The van der Waals surface area contributed by atoms with E-state index in [4.69, 9.17) is 0 Å². The third kappa shape index (κ3) is 4.66. The lowest BCUT2D eigenvalue weighted by atomic mass is 10.1. The van der Waals surface area contributed by atoms with Gasteiger partial charge in [-0.2, -0.15) is 4.31 Å². The van der Waals surface area contributed by atoms with Gasteiger partial charge in [-0.1, -0.05) is 32.1 Å². The lowest BCUT2D eigenvalue weighted by molar-refractivity contribution is 0.493. The van der Waals surface area contributed by atoms with Crippen molar-refractivity contribution in [3.63, 3.8) is 0 Å². The predicted octanol–water partition coefficient (Wildman–Crippen LogP) is 2.56. The average molecular weight is 310 g/mol. The third-order valence-electron chi connectivity index (χ3n) is 3.32. The van der Waals surface area contributed by atoms with E-state index in [9.17, 15) is 8.42 Å². The number of likely N-dealkylation sites (N-methyl/N-ethyl adjacent to an activating group) is 1. The summed E-state index contributed by atoms with van der Waals surface area (Å²) in [7, 11) is -1.88. The van der Waals surface area contributed by atoms with Crippen LogP contribution >= 0.6 is 0 Å². The molecule has 0 aliphatic heterocycles. The normalized spacial score (nSPS) is 11.9. The summed E-state index contributed by atoms with van der Waals surface area (Å²) >= 11 is 0. The number of hydrogen-bond donors (Lipinski definition) is 1. The summed E-state index contributed by atoms with van der Waals surface area (Å²) in [5.74, 6) is 0. The summed E-state index contributed by atoms with van der Waals surface area (Å²) in [6.45, 7) is 11.6. The first-order valence-electron chi connectivity index (χ1n) is 7.26. The second-order valence-corrected chi connectivity index (χ2v) is 7.33. The van der Waals surface area contributed by atoms with Gasteiger partial charge in [0.15, 0.2) is 0 Å². The molecule has 21 heavy (non-hydrogen) atoms. The standard InChI is InChI=1S/C16H26N2O2S/c1-6-14-8-9-16(10-15(14)11-17-7-2)21(19,20)18(5)12-13(3)4/h8-10,17H,3,6-7,11-12H2,1-2,4-5H3. The zero-order valence-corrected chi connectivity index (χ0v) is 14.3. The molecule has 1 N–H and O–H groups in total. The van der Waals surface area contributed by atoms with E-state index in [-0.39, 0.29) is 0 Å². The van der Waals surface area contributed by atoms with Crippen LogP contribution in [0.25, 0.3) is 0 Å². The summed E-state index contributed by atoms with van der Waals surface area (Å²) in [6.07, 6.45) is 0.892. The van der Waals surface area contributed by atoms with Gasteiger partial charge in [-0.15, -0.1) is 0 Å². The topological polar surface area (TPSA) is 49.4 Å². The number of nitrogens with zero attached hydrogens (tertiary/aromatic N) is 1. The number of nitrogens with one attached hydrogen (secondary N) is 1. The van der Waals surface area contributed by atoms with Crippen molar-refractivity contribution >= 4 is 10.0 Å². The van der Waals surface area contributed by atoms with Crippen molar-refractivity contribution in [2.75, 3.05) is 20.1 Å². The molecule has 0 aliphatic rings. The first kappa shape index (κ1) is 17.9. The van der Waals surface area contributed by atoms with Gasteiger partial charge in [-0.25, -0.2) is 8.42 Å². The van der Waals surface area contributed by atoms with Gasteiger partial charge < -0.3 is 5.32 Å². The molecule has 0 atom stereocenters. The molecule has 1 rings (SSSR count). The second-order valence-electron chi connectivity index (χ2n) is 5.28. The zero-order valence-electron chi connectivity index (χ0n) is 13.4. The molecule has 118 valence electrons. The van der Waals surface area contributed by atoms with Crippen molar-refractivity contribution in [1.29, 1.82) is 0 Å². The van der Waals surface area contributed by atoms with E-state index in [1.165, 1.54) is 9.87 Å². The maximum Gasteiger partial charge on any atom is 0.243 e. The van der Waals surface area contributed by atoms with E-state index in [1.807, 2.05) is 19.9 Å². The van der Waals surface area contributed by atoms with Crippen LogP contribution in [-0.2, 0) is 23.0 Å². The maximum absolute atomic E-state index is 12.6. The van der Waals surface area contributed by atoms with Crippen LogP contribution in [0.15, 0.2) is 35.2 Å². The highest BCUT2D eigenvalue weighted by Gasteiger charge is 2.21.